The molecule has 71 valence electrons. The van der Waals surface area contributed by atoms with Crippen molar-refractivity contribution in [3.8, 4) is 0 Å². The molecule has 1 unspecified atom stereocenters. The minimum Gasteiger partial charge on any atom is -0.481 e. The van der Waals surface area contributed by atoms with Gasteiger partial charge in [-0.15, -0.1) is 0 Å². The zero-order valence-electron chi connectivity index (χ0n) is 7.99. The number of unbranched alkanes of at least 4 members (excludes halogenated alkanes) is 1. The molecule has 0 spiro atoms. The molecular weight excluding hydrogens is 215 g/mol. The largest absolute Gasteiger partial charge is 0.481 e. The van der Waals surface area contributed by atoms with E-state index < -0.39 is 5.97 Å². The Labute approximate surface area is 109 Å². The second-order valence-corrected chi connectivity index (χ2v) is 5.76. The SMILES string of the molecule is O=C(O)CCCCC1CCSS1.[Na]. The number of aliphatic carboxylic acids is 1. The molecule has 5 heteroatoms. The third-order valence-electron chi connectivity index (χ3n) is 1.89. The second kappa shape index (κ2) is 8.48. The van der Waals surface area contributed by atoms with Crippen molar-refractivity contribution in [2.45, 2.75) is 37.4 Å². The maximum Gasteiger partial charge on any atom is 0.303 e. The van der Waals surface area contributed by atoms with E-state index in [9.17, 15) is 4.79 Å². The standard InChI is InChI=1S/C8H14O2S2.Na/c9-8(10)4-2-1-3-7-5-6-11-12-7;/h7H,1-6H2,(H,9,10);. The van der Waals surface area contributed by atoms with E-state index in [1.165, 1.54) is 18.6 Å². The third kappa shape index (κ3) is 7.14. The van der Waals surface area contributed by atoms with Crippen LogP contribution in [-0.2, 0) is 4.79 Å². The molecule has 13 heavy (non-hydrogen) atoms. The molecule has 1 rings (SSSR count). The summed E-state index contributed by atoms with van der Waals surface area (Å²) < 4.78 is 0. The number of carbonyl (C=O) groups is 1. The van der Waals surface area contributed by atoms with E-state index in [-0.39, 0.29) is 29.6 Å². The van der Waals surface area contributed by atoms with E-state index in [0.29, 0.717) is 6.42 Å². The summed E-state index contributed by atoms with van der Waals surface area (Å²) in [7, 11) is 3.92. The van der Waals surface area contributed by atoms with E-state index in [1.54, 1.807) is 0 Å². The topological polar surface area (TPSA) is 37.3 Å². The summed E-state index contributed by atoms with van der Waals surface area (Å²) in [4.78, 5) is 10.2. The molecule has 0 amide bonds. The van der Waals surface area contributed by atoms with Gasteiger partial charge in [0.05, 0.1) is 0 Å². The monoisotopic (exact) mass is 229 g/mol. The van der Waals surface area contributed by atoms with E-state index in [4.69, 9.17) is 5.11 Å². The normalized spacial score (nSPS) is 21.1. The minimum atomic E-state index is -0.663. The van der Waals surface area contributed by atoms with Crippen LogP contribution in [0.5, 0.6) is 0 Å². The summed E-state index contributed by atoms with van der Waals surface area (Å²) in [6.45, 7) is 0. The van der Waals surface area contributed by atoms with E-state index in [2.05, 4.69) is 0 Å². The third-order valence-corrected chi connectivity index (χ3v) is 4.90. The van der Waals surface area contributed by atoms with Crippen molar-refractivity contribution < 1.29 is 9.90 Å². The zero-order valence-corrected chi connectivity index (χ0v) is 11.6. The molecule has 0 bridgehead atoms. The maximum atomic E-state index is 10.2. The Morgan fingerprint density at radius 3 is 2.77 bits per heavy atom. The molecule has 2 nitrogen and oxygen atoms in total. The quantitative estimate of drug-likeness (QED) is 0.446. The van der Waals surface area contributed by atoms with E-state index >= 15 is 0 Å². The van der Waals surface area contributed by atoms with Gasteiger partial charge in [0.25, 0.3) is 0 Å². The van der Waals surface area contributed by atoms with E-state index in [0.717, 1.165) is 18.1 Å². The molecule has 1 aliphatic rings. The maximum absolute atomic E-state index is 10.2. The summed E-state index contributed by atoms with van der Waals surface area (Å²) in [6, 6.07) is 0. The molecular formula is C8H14NaO2S2. The number of carboxylic acid groups (broad SMARTS) is 1. The van der Waals surface area contributed by atoms with E-state index in [1.807, 2.05) is 21.6 Å². The minimum absolute atomic E-state index is 0. The first-order valence-corrected chi connectivity index (χ1v) is 6.67. The second-order valence-electron chi connectivity index (χ2n) is 2.97. The first-order chi connectivity index (χ1) is 5.79. The van der Waals surface area contributed by atoms with Crippen LogP contribution < -0.4 is 0 Å². The molecule has 1 aliphatic heterocycles. The van der Waals surface area contributed by atoms with Gasteiger partial charge in [-0.2, -0.15) is 0 Å². The average Bonchev–Trinajstić information content (AvgIpc) is 2.49. The van der Waals surface area contributed by atoms with Crippen molar-refractivity contribution in [2.75, 3.05) is 5.75 Å². The summed E-state index contributed by atoms with van der Waals surface area (Å²) in [5.74, 6) is 0.609. The van der Waals surface area contributed by atoms with Crippen LogP contribution in [0.2, 0.25) is 0 Å². The summed E-state index contributed by atoms with van der Waals surface area (Å²) >= 11 is 0. The van der Waals surface area contributed by atoms with Gasteiger partial charge < -0.3 is 5.11 Å². The number of rotatable bonds is 5. The zero-order chi connectivity index (χ0) is 8.81. The molecule has 1 fully saturated rings. The fourth-order valence-corrected chi connectivity index (χ4v) is 4.24. The van der Waals surface area contributed by atoms with Gasteiger partial charge in [-0.25, -0.2) is 0 Å². The van der Waals surface area contributed by atoms with Gasteiger partial charge in [-0.05, 0) is 19.3 Å². The van der Waals surface area contributed by atoms with Crippen LogP contribution in [0.15, 0.2) is 0 Å². The Kier molecular flexibility index (Phi) is 9.24. The van der Waals surface area contributed by atoms with Crippen LogP contribution in [0, 0.1) is 0 Å². The molecule has 0 aromatic carbocycles. The fourth-order valence-electron chi connectivity index (χ4n) is 1.21. The Bertz CT molecular complexity index is 149. The number of hydrogen-bond acceptors (Lipinski definition) is 3. The van der Waals surface area contributed by atoms with Crippen molar-refractivity contribution in [2.24, 2.45) is 0 Å². The Morgan fingerprint density at radius 2 is 2.23 bits per heavy atom. The average molecular weight is 229 g/mol. The van der Waals surface area contributed by atoms with Crippen LogP contribution in [0.3, 0.4) is 0 Å². The van der Waals surface area contributed by atoms with Crippen LogP contribution in [-0.4, -0.2) is 51.6 Å². The van der Waals surface area contributed by atoms with Gasteiger partial charge in [0, 0.05) is 47.0 Å². The summed E-state index contributed by atoms with van der Waals surface area (Å²) in [5.41, 5.74) is 0. The Balaban J connectivity index is 0.00000144. The van der Waals surface area contributed by atoms with Gasteiger partial charge in [0.1, 0.15) is 0 Å². The Hall–Kier alpha value is 1.17. The fraction of sp³-hybridized carbons (Fsp3) is 0.875. The number of carboxylic acids is 1. The molecule has 1 heterocycles. The number of hydrogen-bond donors (Lipinski definition) is 1. The van der Waals surface area contributed by atoms with Gasteiger partial charge in [0.15, 0.2) is 0 Å². The van der Waals surface area contributed by atoms with Crippen LogP contribution in [0.25, 0.3) is 0 Å². The molecule has 1 N–H and O–H groups in total. The van der Waals surface area contributed by atoms with Gasteiger partial charge in [-0.3, -0.25) is 4.79 Å². The van der Waals surface area contributed by atoms with Crippen molar-refractivity contribution in [1.29, 1.82) is 0 Å². The molecule has 0 aromatic rings. The van der Waals surface area contributed by atoms with Crippen LogP contribution in [0.1, 0.15) is 32.1 Å². The molecule has 1 atom stereocenters. The molecule has 0 saturated carbocycles. The van der Waals surface area contributed by atoms with Crippen LogP contribution in [0.4, 0.5) is 0 Å². The molecule has 1 saturated heterocycles. The first kappa shape index (κ1) is 14.2. The summed E-state index contributed by atoms with van der Waals surface area (Å²) in [5, 5.41) is 9.19. The molecule has 0 aliphatic carbocycles. The smallest absolute Gasteiger partial charge is 0.303 e. The van der Waals surface area contributed by atoms with Crippen molar-refractivity contribution >= 4 is 57.1 Å². The van der Waals surface area contributed by atoms with Crippen molar-refractivity contribution in [1.82, 2.24) is 0 Å². The molecule has 0 aromatic heterocycles. The predicted molar refractivity (Wildman–Crippen MR) is 60.3 cm³/mol. The van der Waals surface area contributed by atoms with Gasteiger partial charge in [0.2, 0.25) is 0 Å². The van der Waals surface area contributed by atoms with Gasteiger partial charge >= 0.3 is 5.97 Å². The Morgan fingerprint density at radius 1 is 1.46 bits per heavy atom. The molecule has 1 radical (unpaired) electrons. The van der Waals surface area contributed by atoms with Gasteiger partial charge in [-0.1, -0.05) is 28.0 Å². The predicted octanol–water partition coefficient (Wildman–Crippen LogP) is 2.40. The van der Waals surface area contributed by atoms with Crippen LogP contribution >= 0.6 is 21.6 Å². The first-order valence-electron chi connectivity index (χ1n) is 4.29. The summed E-state index contributed by atoms with van der Waals surface area (Å²) in [6.07, 6.45) is 4.76. The van der Waals surface area contributed by atoms with Crippen molar-refractivity contribution in [3.63, 3.8) is 0 Å². The van der Waals surface area contributed by atoms with Crippen molar-refractivity contribution in [3.05, 3.63) is 0 Å².